The second kappa shape index (κ2) is 6.89. The lowest BCUT2D eigenvalue weighted by Gasteiger charge is -2.14. The molecule has 18 heavy (non-hydrogen) atoms. The minimum Gasteiger partial charge on any atom is -0.387 e. The maximum Gasteiger partial charge on any atom is 0.0962 e. The largest absolute Gasteiger partial charge is 0.387 e. The second-order valence-electron chi connectivity index (χ2n) is 5.58. The molecule has 0 saturated heterocycles. The summed E-state index contributed by atoms with van der Waals surface area (Å²) >= 11 is 0. The van der Waals surface area contributed by atoms with E-state index < -0.39 is 0 Å². The predicted molar refractivity (Wildman–Crippen MR) is 74.6 cm³/mol. The molecule has 2 aliphatic rings. The van der Waals surface area contributed by atoms with Crippen molar-refractivity contribution in [2.75, 3.05) is 0 Å². The first-order chi connectivity index (χ1) is 8.77. The van der Waals surface area contributed by atoms with Gasteiger partial charge in [0.25, 0.3) is 0 Å². The van der Waals surface area contributed by atoms with Gasteiger partial charge in [-0.05, 0) is 37.3 Å². The highest BCUT2D eigenvalue weighted by Crippen LogP contribution is 2.23. The average molecular weight is 247 g/mol. The SMILES string of the molecule is Cc1cc2cnc1[C@@H](O)CCCCCCCCC2. The van der Waals surface area contributed by atoms with Crippen LogP contribution in [0.3, 0.4) is 0 Å². The summed E-state index contributed by atoms with van der Waals surface area (Å²) in [6.45, 7) is 2.07. The van der Waals surface area contributed by atoms with Crippen LogP contribution < -0.4 is 0 Å². The Balaban J connectivity index is 2.10. The lowest BCUT2D eigenvalue weighted by atomic mass is 9.99. The maximum absolute atomic E-state index is 10.2. The van der Waals surface area contributed by atoms with Gasteiger partial charge in [0.15, 0.2) is 0 Å². The number of aliphatic hydroxyl groups is 1. The molecule has 0 radical (unpaired) electrons. The molecule has 1 aliphatic carbocycles. The van der Waals surface area contributed by atoms with E-state index in [0.717, 1.165) is 30.5 Å². The molecule has 0 amide bonds. The highest BCUT2D eigenvalue weighted by atomic mass is 16.3. The fourth-order valence-electron chi connectivity index (χ4n) is 2.82. The number of pyridine rings is 1. The Hall–Kier alpha value is -0.890. The van der Waals surface area contributed by atoms with E-state index in [2.05, 4.69) is 18.0 Å². The smallest absolute Gasteiger partial charge is 0.0962 e. The van der Waals surface area contributed by atoms with E-state index in [4.69, 9.17) is 0 Å². The van der Waals surface area contributed by atoms with Crippen LogP contribution in [0.2, 0.25) is 0 Å². The third-order valence-electron chi connectivity index (χ3n) is 3.93. The van der Waals surface area contributed by atoms with Gasteiger partial charge in [-0.25, -0.2) is 0 Å². The van der Waals surface area contributed by atoms with E-state index in [-0.39, 0.29) is 6.10 Å². The minimum atomic E-state index is -0.373. The van der Waals surface area contributed by atoms with Gasteiger partial charge in [0, 0.05) is 6.20 Å². The van der Waals surface area contributed by atoms with Crippen LogP contribution in [0.15, 0.2) is 12.3 Å². The summed E-state index contributed by atoms with van der Waals surface area (Å²) in [6.07, 6.45) is 12.6. The molecule has 3 rings (SSSR count). The van der Waals surface area contributed by atoms with Gasteiger partial charge in [0.1, 0.15) is 0 Å². The zero-order chi connectivity index (χ0) is 12.8. The monoisotopic (exact) mass is 247 g/mol. The molecular weight excluding hydrogens is 222 g/mol. The number of hydrogen-bond donors (Lipinski definition) is 1. The number of fused-ring (bicyclic) bond motifs is 11. The molecule has 2 nitrogen and oxygen atoms in total. The van der Waals surface area contributed by atoms with Crippen LogP contribution in [0.5, 0.6) is 0 Å². The first-order valence-corrected chi connectivity index (χ1v) is 7.41. The fourth-order valence-corrected chi connectivity index (χ4v) is 2.82. The van der Waals surface area contributed by atoms with Crippen molar-refractivity contribution in [2.24, 2.45) is 0 Å². The predicted octanol–water partition coefficient (Wildman–Crippen LogP) is 4.10. The van der Waals surface area contributed by atoms with Gasteiger partial charge < -0.3 is 5.11 Å². The van der Waals surface area contributed by atoms with Gasteiger partial charge in [-0.15, -0.1) is 0 Å². The molecule has 100 valence electrons. The second-order valence-corrected chi connectivity index (χ2v) is 5.58. The van der Waals surface area contributed by atoms with Crippen LogP contribution >= 0.6 is 0 Å². The summed E-state index contributed by atoms with van der Waals surface area (Å²) in [6, 6.07) is 2.21. The van der Waals surface area contributed by atoms with Crippen molar-refractivity contribution in [2.45, 2.75) is 70.8 Å². The third-order valence-corrected chi connectivity index (χ3v) is 3.93. The molecule has 1 aromatic rings. The van der Waals surface area contributed by atoms with Gasteiger partial charge in [0.2, 0.25) is 0 Å². The number of aryl methyl sites for hydroxylation is 2. The van der Waals surface area contributed by atoms with Crippen LogP contribution in [0.4, 0.5) is 0 Å². The van der Waals surface area contributed by atoms with E-state index in [1.807, 2.05) is 6.20 Å². The molecule has 1 aromatic heterocycles. The van der Waals surface area contributed by atoms with E-state index in [1.54, 1.807) is 0 Å². The number of rotatable bonds is 0. The molecule has 0 fully saturated rings. The Bertz CT molecular complexity index is 375. The zero-order valence-corrected chi connectivity index (χ0v) is 11.5. The van der Waals surface area contributed by atoms with Crippen LogP contribution in [-0.2, 0) is 6.42 Å². The standard InChI is InChI=1S/C16H25NO/c1-13-11-14-9-7-5-3-2-4-6-8-10-15(18)16(13)17-12-14/h11-12,15,18H,2-10H2,1H3/t15-/m0/s1. The molecule has 1 N–H and O–H groups in total. The van der Waals surface area contributed by atoms with E-state index in [9.17, 15) is 5.11 Å². The Kier molecular flexibility index (Phi) is 5.18. The van der Waals surface area contributed by atoms with Gasteiger partial charge in [-0.2, -0.15) is 0 Å². The van der Waals surface area contributed by atoms with Gasteiger partial charge in [0.05, 0.1) is 11.8 Å². The Labute approximate surface area is 110 Å². The Morgan fingerprint density at radius 2 is 1.72 bits per heavy atom. The summed E-state index contributed by atoms with van der Waals surface area (Å²) in [4.78, 5) is 4.48. The summed E-state index contributed by atoms with van der Waals surface area (Å²) in [5.41, 5.74) is 3.35. The lowest BCUT2D eigenvalue weighted by molar-refractivity contribution is 0.158. The zero-order valence-electron chi connectivity index (χ0n) is 11.5. The molecule has 0 aromatic carbocycles. The van der Waals surface area contributed by atoms with E-state index >= 15 is 0 Å². The van der Waals surface area contributed by atoms with Crippen molar-refractivity contribution in [1.29, 1.82) is 0 Å². The van der Waals surface area contributed by atoms with E-state index in [0.29, 0.717) is 0 Å². The Morgan fingerprint density at radius 1 is 1.06 bits per heavy atom. The van der Waals surface area contributed by atoms with Gasteiger partial charge >= 0.3 is 0 Å². The number of aromatic nitrogens is 1. The van der Waals surface area contributed by atoms with Crippen molar-refractivity contribution in [1.82, 2.24) is 4.98 Å². The van der Waals surface area contributed by atoms with E-state index in [1.165, 1.54) is 44.1 Å². The summed E-state index contributed by atoms with van der Waals surface area (Å²) in [5, 5.41) is 10.2. The van der Waals surface area contributed by atoms with Gasteiger partial charge in [-0.1, -0.05) is 44.6 Å². The normalized spacial score (nSPS) is 22.7. The van der Waals surface area contributed by atoms with Gasteiger partial charge in [-0.3, -0.25) is 4.98 Å². The van der Waals surface area contributed by atoms with Crippen LogP contribution in [0.1, 0.15) is 74.3 Å². The maximum atomic E-state index is 10.2. The topological polar surface area (TPSA) is 33.1 Å². The molecule has 1 atom stereocenters. The fraction of sp³-hybridized carbons (Fsp3) is 0.688. The summed E-state index contributed by atoms with van der Waals surface area (Å²) in [7, 11) is 0. The summed E-state index contributed by atoms with van der Waals surface area (Å²) < 4.78 is 0. The third kappa shape index (κ3) is 3.81. The molecule has 0 spiro atoms. The number of hydrogen-bond acceptors (Lipinski definition) is 2. The molecule has 1 aliphatic heterocycles. The summed E-state index contributed by atoms with van der Waals surface area (Å²) in [5.74, 6) is 0. The Morgan fingerprint density at radius 3 is 2.44 bits per heavy atom. The van der Waals surface area contributed by atoms with Crippen molar-refractivity contribution in [3.63, 3.8) is 0 Å². The van der Waals surface area contributed by atoms with Crippen molar-refractivity contribution in [3.05, 3.63) is 29.1 Å². The lowest BCUT2D eigenvalue weighted by Crippen LogP contribution is -2.05. The molecule has 2 bridgehead atoms. The van der Waals surface area contributed by atoms with Crippen molar-refractivity contribution in [3.8, 4) is 0 Å². The number of aliphatic hydroxyl groups excluding tert-OH is 1. The first-order valence-electron chi connectivity index (χ1n) is 7.41. The quantitative estimate of drug-likeness (QED) is 0.748. The van der Waals surface area contributed by atoms with Crippen LogP contribution in [0.25, 0.3) is 0 Å². The highest BCUT2D eigenvalue weighted by Gasteiger charge is 2.12. The molecule has 0 saturated carbocycles. The highest BCUT2D eigenvalue weighted by molar-refractivity contribution is 5.25. The average Bonchev–Trinajstić information content (AvgIpc) is 2.36. The van der Waals surface area contributed by atoms with Crippen LogP contribution in [-0.4, -0.2) is 10.1 Å². The molecular formula is C16H25NO. The van der Waals surface area contributed by atoms with Crippen LogP contribution in [0, 0.1) is 6.92 Å². The van der Waals surface area contributed by atoms with Crippen molar-refractivity contribution >= 4 is 0 Å². The molecule has 2 heteroatoms. The molecule has 0 unspecified atom stereocenters. The minimum absolute atomic E-state index is 0.373. The number of nitrogens with zero attached hydrogens (tertiary/aromatic N) is 1. The first kappa shape index (κ1) is 13.5. The molecule has 2 heterocycles. The van der Waals surface area contributed by atoms with Crippen molar-refractivity contribution < 1.29 is 5.11 Å².